The van der Waals surface area contributed by atoms with Crippen LogP contribution in [0.3, 0.4) is 0 Å². The zero-order valence-electron chi connectivity index (χ0n) is 14.4. The van der Waals surface area contributed by atoms with Crippen LogP contribution in [-0.4, -0.2) is 5.78 Å². The van der Waals surface area contributed by atoms with E-state index in [2.05, 4.69) is 0 Å². The van der Waals surface area contributed by atoms with Gasteiger partial charge in [-0.3, -0.25) is 4.79 Å². The molecule has 0 N–H and O–H groups in total. The van der Waals surface area contributed by atoms with E-state index in [1.54, 1.807) is 36.4 Å². The van der Waals surface area contributed by atoms with Crippen LogP contribution in [0.25, 0.3) is 6.08 Å². The van der Waals surface area contributed by atoms with Crippen molar-refractivity contribution in [3.05, 3.63) is 99.8 Å². The molecule has 0 unspecified atom stereocenters. The summed E-state index contributed by atoms with van der Waals surface area (Å²) in [5.74, 6) is -0.163. The number of ether oxygens (including phenoxy) is 2. The van der Waals surface area contributed by atoms with E-state index in [0.29, 0.717) is 28.2 Å². The fourth-order valence-corrected chi connectivity index (χ4v) is 3.03. The first-order valence-corrected chi connectivity index (χ1v) is 8.78. The third kappa shape index (κ3) is 3.75. The molecule has 0 aliphatic carbocycles. The van der Waals surface area contributed by atoms with Crippen LogP contribution < -0.4 is 9.47 Å². The molecule has 4 rings (SSSR count). The lowest BCUT2D eigenvalue weighted by Crippen LogP contribution is -1.98. The van der Waals surface area contributed by atoms with E-state index in [1.165, 1.54) is 30.3 Å². The van der Waals surface area contributed by atoms with Gasteiger partial charge < -0.3 is 9.47 Å². The van der Waals surface area contributed by atoms with Crippen LogP contribution in [0.15, 0.2) is 66.4 Å². The molecule has 1 aliphatic heterocycles. The van der Waals surface area contributed by atoms with E-state index in [1.807, 2.05) is 0 Å². The Balaban J connectivity index is 1.52. The molecule has 6 heteroatoms. The van der Waals surface area contributed by atoms with Gasteiger partial charge in [-0.15, -0.1) is 0 Å². The van der Waals surface area contributed by atoms with Crippen molar-refractivity contribution in [1.82, 2.24) is 0 Å². The molecule has 3 aromatic carbocycles. The van der Waals surface area contributed by atoms with E-state index < -0.39 is 11.6 Å². The highest BCUT2D eigenvalue weighted by atomic mass is 35.5. The first kappa shape index (κ1) is 18.2. The number of Topliss-reactive ketones (excluding diaryl/α,β-unsaturated/α-hetero) is 1. The Labute approximate surface area is 164 Å². The van der Waals surface area contributed by atoms with Crippen LogP contribution in [0.5, 0.6) is 11.5 Å². The number of carbonyl (C=O) groups is 1. The molecule has 0 atom stereocenters. The second-order valence-corrected chi connectivity index (χ2v) is 6.58. The standard InChI is InChI=1S/C22H13ClF2O3/c23-19-10-16(25)5-4-14(19)12-27-17-6-7-18-20(11-17)28-21(22(18)26)9-13-2-1-3-15(24)8-13/h1-11H,12H2/b21-9-. The molecule has 0 bridgehead atoms. The minimum atomic E-state index is -0.421. The summed E-state index contributed by atoms with van der Waals surface area (Å²) in [7, 11) is 0. The molecular weight excluding hydrogens is 386 g/mol. The summed E-state index contributed by atoms with van der Waals surface area (Å²) in [5.41, 5.74) is 1.56. The number of hydrogen-bond acceptors (Lipinski definition) is 3. The Kier molecular flexibility index (Phi) is 4.84. The molecule has 0 saturated heterocycles. The molecule has 0 radical (unpaired) electrons. The van der Waals surface area contributed by atoms with Crippen molar-refractivity contribution >= 4 is 23.5 Å². The van der Waals surface area contributed by atoms with Crippen LogP contribution >= 0.6 is 11.6 Å². The largest absolute Gasteiger partial charge is 0.489 e. The summed E-state index contributed by atoms with van der Waals surface area (Å²) < 4.78 is 37.7. The highest BCUT2D eigenvalue weighted by Gasteiger charge is 2.27. The second-order valence-electron chi connectivity index (χ2n) is 6.18. The Morgan fingerprint density at radius 1 is 1.00 bits per heavy atom. The minimum absolute atomic E-state index is 0.110. The summed E-state index contributed by atoms with van der Waals surface area (Å²) >= 11 is 5.99. The van der Waals surface area contributed by atoms with Gasteiger partial charge >= 0.3 is 0 Å². The van der Waals surface area contributed by atoms with E-state index in [0.717, 1.165) is 0 Å². The number of ketones is 1. The molecule has 3 aromatic rings. The van der Waals surface area contributed by atoms with Gasteiger partial charge in [-0.05, 0) is 48.0 Å². The Hall–Kier alpha value is -3.18. The normalized spacial score (nSPS) is 14.1. The van der Waals surface area contributed by atoms with Gasteiger partial charge in [-0.2, -0.15) is 0 Å². The molecule has 0 aromatic heterocycles. The summed E-state index contributed by atoms with van der Waals surface area (Å²) in [6.45, 7) is 0.137. The number of rotatable bonds is 4. The van der Waals surface area contributed by atoms with Gasteiger partial charge in [0.1, 0.15) is 29.7 Å². The molecule has 0 saturated carbocycles. The van der Waals surface area contributed by atoms with E-state index in [4.69, 9.17) is 21.1 Å². The van der Waals surface area contributed by atoms with E-state index >= 15 is 0 Å². The molecular formula is C22H13ClF2O3. The zero-order chi connectivity index (χ0) is 19.7. The maximum Gasteiger partial charge on any atom is 0.231 e. The second kappa shape index (κ2) is 7.44. The highest BCUT2D eigenvalue weighted by molar-refractivity contribution is 6.31. The lowest BCUT2D eigenvalue weighted by atomic mass is 10.1. The van der Waals surface area contributed by atoms with Gasteiger partial charge in [-0.25, -0.2) is 8.78 Å². The number of halogens is 3. The first-order valence-electron chi connectivity index (χ1n) is 8.40. The smallest absolute Gasteiger partial charge is 0.231 e. The summed E-state index contributed by atoms with van der Waals surface area (Å²) in [6.07, 6.45) is 1.49. The van der Waals surface area contributed by atoms with Crippen molar-refractivity contribution in [2.75, 3.05) is 0 Å². The SMILES string of the molecule is O=C1/C(=C/c2cccc(F)c2)Oc2cc(OCc3ccc(F)cc3Cl)ccc21. The summed E-state index contributed by atoms with van der Waals surface area (Å²) in [4.78, 5) is 12.5. The molecule has 1 heterocycles. The van der Waals surface area contributed by atoms with Crippen molar-refractivity contribution < 1.29 is 23.0 Å². The molecule has 140 valence electrons. The molecule has 0 amide bonds. The van der Waals surface area contributed by atoms with Crippen molar-refractivity contribution in [3.63, 3.8) is 0 Å². The highest BCUT2D eigenvalue weighted by Crippen LogP contribution is 2.35. The Bertz CT molecular complexity index is 1110. The van der Waals surface area contributed by atoms with Crippen LogP contribution in [-0.2, 0) is 6.61 Å². The molecule has 0 spiro atoms. The lowest BCUT2D eigenvalue weighted by molar-refractivity contribution is 0.101. The predicted octanol–water partition coefficient (Wildman–Crippen LogP) is 5.81. The van der Waals surface area contributed by atoms with Crippen LogP contribution in [0.4, 0.5) is 8.78 Å². The monoisotopic (exact) mass is 398 g/mol. The van der Waals surface area contributed by atoms with Crippen LogP contribution in [0.2, 0.25) is 5.02 Å². The van der Waals surface area contributed by atoms with Gasteiger partial charge in [-0.1, -0.05) is 29.8 Å². The van der Waals surface area contributed by atoms with Gasteiger partial charge in [0.15, 0.2) is 5.76 Å². The number of allylic oxidation sites excluding steroid dienone is 1. The van der Waals surface area contributed by atoms with Crippen molar-refractivity contribution in [2.24, 2.45) is 0 Å². The number of carbonyl (C=O) groups excluding carboxylic acids is 1. The third-order valence-electron chi connectivity index (χ3n) is 4.20. The maximum absolute atomic E-state index is 13.3. The topological polar surface area (TPSA) is 35.5 Å². The van der Waals surface area contributed by atoms with Crippen molar-refractivity contribution in [2.45, 2.75) is 6.61 Å². The maximum atomic E-state index is 13.3. The molecule has 1 aliphatic rings. The third-order valence-corrected chi connectivity index (χ3v) is 4.55. The average molecular weight is 399 g/mol. The van der Waals surface area contributed by atoms with Crippen molar-refractivity contribution in [3.8, 4) is 11.5 Å². The molecule has 0 fully saturated rings. The summed E-state index contributed by atoms with van der Waals surface area (Å²) in [6, 6.07) is 14.8. The number of fused-ring (bicyclic) bond motifs is 1. The van der Waals surface area contributed by atoms with Gasteiger partial charge in [0.05, 0.1) is 10.6 Å². The van der Waals surface area contributed by atoms with Crippen LogP contribution in [0.1, 0.15) is 21.5 Å². The average Bonchev–Trinajstić information content (AvgIpc) is 2.96. The number of hydrogen-bond donors (Lipinski definition) is 0. The number of benzene rings is 3. The predicted molar refractivity (Wildman–Crippen MR) is 102 cm³/mol. The van der Waals surface area contributed by atoms with Gasteiger partial charge in [0, 0.05) is 11.6 Å². The fraction of sp³-hybridized carbons (Fsp3) is 0.0455. The quantitative estimate of drug-likeness (QED) is 0.520. The first-order chi connectivity index (χ1) is 13.5. The lowest BCUT2D eigenvalue weighted by Gasteiger charge is -2.08. The molecule has 3 nitrogen and oxygen atoms in total. The zero-order valence-corrected chi connectivity index (χ0v) is 15.2. The van der Waals surface area contributed by atoms with Gasteiger partial charge in [0.25, 0.3) is 0 Å². The summed E-state index contributed by atoms with van der Waals surface area (Å²) in [5, 5.41) is 0.271. The van der Waals surface area contributed by atoms with E-state index in [-0.39, 0.29) is 23.2 Å². The fourth-order valence-electron chi connectivity index (χ4n) is 2.80. The Morgan fingerprint density at radius 2 is 1.82 bits per heavy atom. The van der Waals surface area contributed by atoms with Gasteiger partial charge in [0.2, 0.25) is 5.78 Å². The van der Waals surface area contributed by atoms with E-state index in [9.17, 15) is 13.6 Å². The Morgan fingerprint density at radius 3 is 2.61 bits per heavy atom. The van der Waals surface area contributed by atoms with Crippen molar-refractivity contribution in [1.29, 1.82) is 0 Å². The minimum Gasteiger partial charge on any atom is -0.489 e. The molecule has 28 heavy (non-hydrogen) atoms. The van der Waals surface area contributed by atoms with Crippen LogP contribution in [0, 0.1) is 11.6 Å².